The molecule has 0 atom stereocenters. The summed E-state index contributed by atoms with van der Waals surface area (Å²) in [5, 5.41) is 11.9. The molecule has 0 saturated carbocycles. The van der Waals surface area contributed by atoms with Crippen molar-refractivity contribution in [3.63, 3.8) is 0 Å². The Labute approximate surface area is 109 Å². The minimum Gasteiger partial charge on any atom is -0.382 e. The summed E-state index contributed by atoms with van der Waals surface area (Å²) in [7, 11) is 0. The van der Waals surface area contributed by atoms with E-state index in [2.05, 4.69) is 15.0 Å². The Morgan fingerprint density at radius 1 is 1.42 bits per heavy atom. The third kappa shape index (κ3) is 5.14. The number of rotatable bonds is 5. The number of aryl methyl sites for hydroxylation is 2. The van der Waals surface area contributed by atoms with E-state index in [1.165, 1.54) is 0 Å². The number of ether oxygens (including phenoxy) is 1. The van der Waals surface area contributed by atoms with Crippen LogP contribution in [0.1, 0.15) is 17.0 Å². The summed E-state index contributed by atoms with van der Waals surface area (Å²) >= 11 is 0. The number of hydrogen-bond acceptors (Lipinski definition) is 4. The van der Waals surface area contributed by atoms with E-state index in [0.29, 0.717) is 16.9 Å². The molecule has 0 bridgehead atoms. The molecule has 4 nitrogen and oxygen atoms in total. The Balaban J connectivity index is 2.52. The molecule has 7 heteroatoms. The fourth-order valence-electron chi connectivity index (χ4n) is 1.55. The van der Waals surface area contributed by atoms with Crippen molar-refractivity contribution >= 4 is 5.69 Å². The first kappa shape index (κ1) is 15.2. The molecule has 0 spiro atoms. The molecule has 1 aromatic heterocycles. The average molecular weight is 273 g/mol. The van der Waals surface area contributed by atoms with E-state index in [4.69, 9.17) is 5.26 Å². The molecule has 1 aromatic rings. The predicted octanol–water partition coefficient (Wildman–Crippen LogP) is 2.56. The summed E-state index contributed by atoms with van der Waals surface area (Å²) in [6.45, 7) is 2.31. The number of alkyl halides is 3. The van der Waals surface area contributed by atoms with Gasteiger partial charge in [-0.25, -0.2) is 0 Å². The second kappa shape index (κ2) is 6.38. The average Bonchev–Trinajstić information content (AvgIpc) is 2.26. The lowest BCUT2D eigenvalue weighted by molar-refractivity contribution is -0.172. The summed E-state index contributed by atoms with van der Waals surface area (Å²) in [4.78, 5) is 4.14. The van der Waals surface area contributed by atoms with Gasteiger partial charge in [0.15, 0.2) is 0 Å². The fraction of sp³-hybridized carbons (Fsp3) is 0.500. The Morgan fingerprint density at radius 2 is 2.11 bits per heavy atom. The van der Waals surface area contributed by atoms with Crippen molar-refractivity contribution in [2.45, 2.75) is 20.0 Å². The van der Waals surface area contributed by atoms with Crippen LogP contribution < -0.4 is 5.32 Å². The largest absolute Gasteiger partial charge is 0.411 e. The van der Waals surface area contributed by atoms with Crippen LogP contribution in [0.5, 0.6) is 0 Å². The van der Waals surface area contributed by atoms with Crippen molar-refractivity contribution in [2.75, 3.05) is 25.1 Å². The van der Waals surface area contributed by atoms with E-state index < -0.39 is 12.8 Å². The van der Waals surface area contributed by atoms with Crippen LogP contribution in [-0.4, -0.2) is 30.9 Å². The van der Waals surface area contributed by atoms with E-state index >= 15 is 0 Å². The molecule has 0 radical (unpaired) electrons. The standard InChI is InChI=1S/C12H14F3N3O/c1-8-5-11(10(6-16)9(2)18-8)17-3-4-19-7-12(13,14)15/h5H,3-4,7H2,1-2H3,(H,17,18). The molecule has 0 aliphatic carbocycles. The topological polar surface area (TPSA) is 57.9 Å². The van der Waals surface area contributed by atoms with Gasteiger partial charge in [-0.05, 0) is 19.9 Å². The molecule has 0 saturated heterocycles. The van der Waals surface area contributed by atoms with Gasteiger partial charge in [-0.1, -0.05) is 0 Å². The van der Waals surface area contributed by atoms with Crippen molar-refractivity contribution in [1.82, 2.24) is 4.98 Å². The van der Waals surface area contributed by atoms with Crippen molar-refractivity contribution in [3.05, 3.63) is 23.0 Å². The van der Waals surface area contributed by atoms with Gasteiger partial charge in [0.05, 0.1) is 23.6 Å². The van der Waals surface area contributed by atoms with Gasteiger partial charge >= 0.3 is 6.18 Å². The van der Waals surface area contributed by atoms with E-state index in [1.54, 1.807) is 19.9 Å². The van der Waals surface area contributed by atoms with Crippen molar-refractivity contribution in [2.24, 2.45) is 0 Å². The maximum Gasteiger partial charge on any atom is 0.411 e. The maximum atomic E-state index is 11.8. The van der Waals surface area contributed by atoms with Crippen molar-refractivity contribution in [3.8, 4) is 6.07 Å². The summed E-state index contributed by atoms with van der Waals surface area (Å²) in [6.07, 6.45) is -4.32. The summed E-state index contributed by atoms with van der Waals surface area (Å²) in [5.74, 6) is 0. The highest BCUT2D eigenvalue weighted by atomic mass is 19.4. The van der Waals surface area contributed by atoms with Crippen LogP contribution in [0.2, 0.25) is 0 Å². The van der Waals surface area contributed by atoms with E-state index in [0.717, 1.165) is 5.69 Å². The number of anilines is 1. The Kier molecular flexibility index (Phi) is 5.12. The zero-order valence-corrected chi connectivity index (χ0v) is 10.6. The highest BCUT2D eigenvalue weighted by Gasteiger charge is 2.27. The minimum atomic E-state index is -4.32. The van der Waals surface area contributed by atoms with Gasteiger partial charge in [0, 0.05) is 12.2 Å². The number of nitrogens with one attached hydrogen (secondary N) is 1. The van der Waals surface area contributed by atoms with Crippen LogP contribution >= 0.6 is 0 Å². The molecule has 1 N–H and O–H groups in total. The summed E-state index contributed by atoms with van der Waals surface area (Å²) in [5.41, 5.74) is 2.26. The zero-order chi connectivity index (χ0) is 14.5. The number of pyridine rings is 1. The first-order valence-corrected chi connectivity index (χ1v) is 5.60. The molecule has 0 fully saturated rings. The number of aromatic nitrogens is 1. The normalized spacial score (nSPS) is 11.2. The fourth-order valence-corrected chi connectivity index (χ4v) is 1.55. The maximum absolute atomic E-state index is 11.8. The molecule has 1 rings (SSSR count). The minimum absolute atomic E-state index is 0.0925. The molecule has 0 aromatic carbocycles. The van der Waals surface area contributed by atoms with Crippen LogP contribution in [0.15, 0.2) is 6.07 Å². The number of nitrogens with zero attached hydrogens (tertiary/aromatic N) is 2. The van der Waals surface area contributed by atoms with E-state index in [9.17, 15) is 13.2 Å². The molecule has 1 heterocycles. The monoisotopic (exact) mass is 273 g/mol. The Morgan fingerprint density at radius 3 is 2.68 bits per heavy atom. The lowest BCUT2D eigenvalue weighted by atomic mass is 10.1. The SMILES string of the molecule is Cc1cc(NCCOCC(F)(F)F)c(C#N)c(C)n1. The smallest absolute Gasteiger partial charge is 0.382 e. The van der Waals surface area contributed by atoms with Crippen molar-refractivity contribution < 1.29 is 17.9 Å². The highest BCUT2D eigenvalue weighted by molar-refractivity contribution is 5.59. The first-order valence-electron chi connectivity index (χ1n) is 5.60. The van der Waals surface area contributed by atoms with Gasteiger partial charge in [0.1, 0.15) is 12.7 Å². The second-order valence-corrected chi connectivity index (χ2v) is 3.98. The van der Waals surface area contributed by atoms with E-state index in [-0.39, 0.29) is 13.2 Å². The molecular formula is C12H14F3N3O. The molecule has 0 amide bonds. The number of hydrogen-bond donors (Lipinski definition) is 1. The van der Waals surface area contributed by atoms with Crippen LogP contribution in [0.25, 0.3) is 0 Å². The Bertz CT molecular complexity index is 480. The second-order valence-electron chi connectivity index (χ2n) is 3.98. The molecule has 104 valence electrons. The van der Waals surface area contributed by atoms with Gasteiger partial charge in [0.25, 0.3) is 0 Å². The zero-order valence-electron chi connectivity index (χ0n) is 10.6. The van der Waals surface area contributed by atoms with Crippen LogP contribution in [0.3, 0.4) is 0 Å². The molecule has 0 aliphatic rings. The van der Waals surface area contributed by atoms with Gasteiger partial charge in [-0.15, -0.1) is 0 Å². The molecule has 19 heavy (non-hydrogen) atoms. The third-order valence-corrected chi connectivity index (χ3v) is 2.27. The van der Waals surface area contributed by atoms with Gasteiger partial charge in [-0.3, -0.25) is 4.98 Å². The summed E-state index contributed by atoms with van der Waals surface area (Å²) < 4.78 is 40.0. The summed E-state index contributed by atoms with van der Waals surface area (Å²) in [6, 6.07) is 3.69. The molecule has 0 aliphatic heterocycles. The lowest BCUT2D eigenvalue weighted by Gasteiger charge is -2.11. The first-order chi connectivity index (χ1) is 8.83. The molecular weight excluding hydrogens is 259 g/mol. The van der Waals surface area contributed by atoms with E-state index in [1.807, 2.05) is 6.07 Å². The Hall–Kier alpha value is -1.81. The van der Waals surface area contributed by atoms with Crippen LogP contribution in [0, 0.1) is 25.2 Å². The van der Waals surface area contributed by atoms with Crippen LogP contribution in [-0.2, 0) is 4.74 Å². The van der Waals surface area contributed by atoms with Gasteiger partial charge in [-0.2, -0.15) is 18.4 Å². The van der Waals surface area contributed by atoms with Crippen molar-refractivity contribution in [1.29, 1.82) is 5.26 Å². The number of halogens is 3. The quantitative estimate of drug-likeness (QED) is 0.838. The number of nitriles is 1. The third-order valence-electron chi connectivity index (χ3n) is 2.27. The van der Waals surface area contributed by atoms with Gasteiger partial charge < -0.3 is 10.1 Å². The van der Waals surface area contributed by atoms with Crippen LogP contribution in [0.4, 0.5) is 18.9 Å². The predicted molar refractivity (Wildman–Crippen MR) is 63.8 cm³/mol. The van der Waals surface area contributed by atoms with Gasteiger partial charge in [0.2, 0.25) is 0 Å². The lowest BCUT2D eigenvalue weighted by Crippen LogP contribution is -2.20. The molecule has 0 unspecified atom stereocenters. The highest BCUT2D eigenvalue weighted by Crippen LogP contribution is 2.18.